The highest BCUT2D eigenvalue weighted by molar-refractivity contribution is 5.81. The first-order valence-corrected chi connectivity index (χ1v) is 6.14. The first-order valence-electron chi connectivity index (χ1n) is 6.14. The second-order valence-electron chi connectivity index (χ2n) is 4.69. The third kappa shape index (κ3) is 8.12. The molecule has 0 heterocycles. The number of aliphatic hydroxyl groups excluding tert-OH is 1. The van der Waals surface area contributed by atoms with Crippen LogP contribution >= 0.6 is 0 Å². The summed E-state index contributed by atoms with van der Waals surface area (Å²) in [5.74, 6) is 0.427. The Hall–Kier alpha value is -0.650. The Balaban J connectivity index is 4.01. The Kier molecular flexibility index (Phi) is 9.03. The van der Waals surface area contributed by atoms with Crippen LogP contribution in [0.4, 0.5) is 0 Å². The minimum Gasteiger partial charge on any atom is -0.396 e. The molecular weight excluding hydrogens is 220 g/mol. The summed E-state index contributed by atoms with van der Waals surface area (Å²) in [7, 11) is 1.61. The molecule has 2 atom stereocenters. The molecule has 0 fully saturated rings. The molecule has 0 aliphatic rings. The predicted molar refractivity (Wildman–Crippen MR) is 67.8 cm³/mol. The van der Waals surface area contributed by atoms with E-state index in [2.05, 4.69) is 24.5 Å². The van der Waals surface area contributed by atoms with Gasteiger partial charge in [0.05, 0.1) is 12.6 Å². The fourth-order valence-corrected chi connectivity index (χ4v) is 1.46. The van der Waals surface area contributed by atoms with Crippen molar-refractivity contribution in [2.45, 2.75) is 39.3 Å². The van der Waals surface area contributed by atoms with Crippen LogP contribution in [-0.2, 0) is 9.53 Å². The fraction of sp³-hybridized carbons (Fsp3) is 0.917. The standard InChI is InChI=1S/C12H26N2O3/c1-9(2)7-13-12(16)10(3)14-11(5-6-15)8-17-4/h9-11,14-15H,5-8H2,1-4H3,(H,13,16). The van der Waals surface area contributed by atoms with Crippen molar-refractivity contribution in [3.05, 3.63) is 0 Å². The molecule has 3 N–H and O–H groups in total. The Labute approximate surface area is 104 Å². The van der Waals surface area contributed by atoms with Crippen LogP contribution in [0.3, 0.4) is 0 Å². The van der Waals surface area contributed by atoms with Crippen LogP contribution in [0.5, 0.6) is 0 Å². The highest BCUT2D eigenvalue weighted by atomic mass is 16.5. The number of nitrogens with one attached hydrogen (secondary N) is 2. The van der Waals surface area contributed by atoms with E-state index in [4.69, 9.17) is 9.84 Å². The summed E-state index contributed by atoms with van der Waals surface area (Å²) in [5.41, 5.74) is 0. The third-order valence-electron chi connectivity index (χ3n) is 2.41. The minimum atomic E-state index is -0.277. The molecule has 5 nitrogen and oxygen atoms in total. The summed E-state index contributed by atoms with van der Waals surface area (Å²) in [6, 6.07) is -0.273. The molecule has 0 saturated heterocycles. The molecule has 0 aromatic rings. The molecule has 0 aromatic carbocycles. The molecule has 5 heteroatoms. The molecule has 0 bridgehead atoms. The lowest BCUT2D eigenvalue weighted by atomic mass is 10.1. The summed E-state index contributed by atoms with van der Waals surface area (Å²) in [6.45, 7) is 7.18. The molecule has 0 aliphatic heterocycles. The zero-order valence-corrected chi connectivity index (χ0v) is 11.3. The van der Waals surface area contributed by atoms with E-state index in [1.807, 2.05) is 6.92 Å². The first-order chi connectivity index (χ1) is 8.01. The average molecular weight is 246 g/mol. The maximum Gasteiger partial charge on any atom is 0.236 e. The van der Waals surface area contributed by atoms with Gasteiger partial charge in [0.15, 0.2) is 0 Å². The summed E-state index contributed by atoms with van der Waals surface area (Å²) >= 11 is 0. The van der Waals surface area contributed by atoms with Gasteiger partial charge in [0.1, 0.15) is 0 Å². The number of amides is 1. The van der Waals surface area contributed by atoms with Gasteiger partial charge in [0.25, 0.3) is 0 Å². The number of hydrogen-bond acceptors (Lipinski definition) is 4. The van der Waals surface area contributed by atoms with Crippen molar-refractivity contribution in [3.63, 3.8) is 0 Å². The van der Waals surface area contributed by atoms with E-state index < -0.39 is 0 Å². The van der Waals surface area contributed by atoms with E-state index in [0.717, 1.165) is 0 Å². The number of ether oxygens (including phenoxy) is 1. The van der Waals surface area contributed by atoms with Crippen molar-refractivity contribution in [2.75, 3.05) is 26.9 Å². The van der Waals surface area contributed by atoms with E-state index in [9.17, 15) is 4.79 Å². The first kappa shape index (κ1) is 16.4. The van der Waals surface area contributed by atoms with Crippen molar-refractivity contribution >= 4 is 5.91 Å². The minimum absolute atomic E-state index is 0.00444. The van der Waals surface area contributed by atoms with Crippen LogP contribution in [0.15, 0.2) is 0 Å². The molecule has 0 rings (SSSR count). The maximum atomic E-state index is 11.7. The summed E-state index contributed by atoms with van der Waals surface area (Å²) in [4.78, 5) is 11.7. The highest BCUT2D eigenvalue weighted by Gasteiger charge is 2.17. The van der Waals surface area contributed by atoms with Crippen molar-refractivity contribution in [1.29, 1.82) is 0 Å². The topological polar surface area (TPSA) is 70.6 Å². The lowest BCUT2D eigenvalue weighted by Crippen LogP contribution is -2.48. The number of rotatable bonds is 9. The molecule has 0 aliphatic carbocycles. The summed E-state index contributed by atoms with van der Waals surface area (Å²) in [6.07, 6.45) is 0.579. The normalized spacial score (nSPS) is 14.7. The third-order valence-corrected chi connectivity index (χ3v) is 2.41. The van der Waals surface area contributed by atoms with Crippen molar-refractivity contribution in [2.24, 2.45) is 5.92 Å². The van der Waals surface area contributed by atoms with E-state index >= 15 is 0 Å². The fourth-order valence-electron chi connectivity index (χ4n) is 1.46. The van der Waals surface area contributed by atoms with Gasteiger partial charge in [-0.1, -0.05) is 13.8 Å². The van der Waals surface area contributed by atoms with Crippen LogP contribution in [0, 0.1) is 5.92 Å². The molecule has 0 aromatic heterocycles. The number of aliphatic hydroxyl groups is 1. The number of carbonyl (C=O) groups excluding carboxylic acids is 1. The Bertz CT molecular complexity index is 204. The quantitative estimate of drug-likeness (QED) is 0.541. The molecule has 0 radical (unpaired) electrons. The smallest absolute Gasteiger partial charge is 0.236 e. The summed E-state index contributed by atoms with van der Waals surface area (Å²) < 4.78 is 5.03. The van der Waals surface area contributed by atoms with Gasteiger partial charge < -0.3 is 20.5 Å². The van der Waals surface area contributed by atoms with E-state index in [1.54, 1.807) is 7.11 Å². The van der Waals surface area contributed by atoms with Crippen LogP contribution in [0.2, 0.25) is 0 Å². The van der Waals surface area contributed by atoms with Gasteiger partial charge >= 0.3 is 0 Å². The van der Waals surface area contributed by atoms with Gasteiger partial charge in [-0.25, -0.2) is 0 Å². The van der Waals surface area contributed by atoms with Gasteiger partial charge in [-0.15, -0.1) is 0 Å². The monoisotopic (exact) mass is 246 g/mol. The largest absolute Gasteiger partial charge is 0.396 e. The molecule has 102 valence electrons. The highest BCUT2D eigenvalue weighted by Crippen LogP contribution is 1.96. The number of hydrogen-bond donors (Lipinski definition) is 3. The second kappa shape index (κ2) is 9.39. The Morgan fingerprint density at radius 3 is 2.47 bits per heavy atom. The van der Waals surface area contributed by atoms with Gasteiger partial charge in [0, 0.05) is 26.3 Å². The second-order valence-corrected chi connectivity index (χ2v) is 4.69. The van der Waals surface area contributed by atoms with Crippen molar-refractivity contribution < 1.29 is 14.6 Å². The van der Waals surface area contributed by atoms with Crippen molar-refractivity contribution in [1.82, 2.24) is 10.6 Å². The van der Waals surface area contributed by atoms with Gasteiger partial charge in [-0.3, -0.25) is 4.79 Å². The SMILES string of the molecule is COCC(CCO)NC(C)C(=O)NCC(C)C. The van der Waals surface area contributed by atoms with Crippen LogP contribution in [-0.4, -0.2) is 50.0 Å². The van der Waals surface area contributed by atoms with E-state index in [0.29, 0.717) is 25.5 Å². The van der Waals surface area contributed by atoms with E-state index in [-0.39, 0.29) is 24.6 Å². The van der Waals surface area contributed by atoms with Crippen LogP contribution in [0.1, 0.15) is 27.2 Å². The van der Waals surface area contributed by atoms with Gasteiger partial charge in [-0.05, 0) is 19.3 Å². The molecule has 0 spiro atoms. The van der Waals surface area contributed by atoms with E-state index in [1.165, 1.54) is 0 Å². The zero-order chi connectivity index (χ0) is 13.3. The predicted octanol–water partition coefficient (Wildman–Crippen LogP) is 0.134. The molecule has 17 heavy (non-hydrogen) atoms. The van der Waals surface area contributed by atoms with Crippen LogP contribution in [0.25, 0.3) is 0 Å². The molecule has 2 unspecified atom stereocenters. The summed E-state index contributed by atoms with van der Waals surface area (Å²) in [5, 5.41) is 14.9. The maximum absolute atomic E-state index is 11.7. The number of carbonyl (C=O) groups is 1. The Morgan fingerprint density at radius 2 is 2.00 bits per heavy atom. The Morgan fingerprint density at radius 1 is 1.35 bits per heavy atom. The zero-order valence-electron chi connectivity index (χ0n) is 11.3. The average Bonchev–Trinajstić information content (AvgIpc) is 2.26. The lowest BCUT2D eigenvalue weighted by molar-refractivity contribution is -0.123. The number of methoxy groups -OCH3 is 1. The van der Waals surface area contributed by atoms with Crippen molar-refractivity contribution in [3.8, 4) is 0 Å². The van der Waals surface area contributed by atoms with Crippen LogP contribution < -0.4 is 10.6 Å². The molecular formula is C12H26N2O3. The molecule has 1 amide bonds. The lowest BCUT2D eigenvalue weighted by Gasteiger charge is -2.22. The van der Waals surface area contributed by atoms with Gasteiger partial charge in [0.2, 0.25) is 5.91 Å². The molecule has 0 saturated carbocycles. The van der Waals surface area contributed by atoms with Gasteiger partial charge in [-0.2, -0.15) is 0 Å².